The smallest absolute Gasteiger partial charge is 0.475 e. The topological polar surface area (TPSA) is 132 Å². The molecule has 0 fully saturated rings. The van der Waals surface area contributed by atoms with E-state index in [1.54, 1.807) is 6.07 Å². The Labute approximate surface area is 220 Å². The number of hydrogen-bond donors (Lipinski definition) is 4. The molecular weight excluding hydrogens is 469 g/mol. The molecule has 0 aliphatic carbocycles. The van der Waals surface area contributed by atoms with Gasteiger partial charge in [0.05, 0.1) is 25.0 Å². The van der Waals surface area contributed by atoms with Gasteiger partial charge in [-0.15, -0.1) is 0 Å². The fraction of sp³-hybridized carbons (Fsp3) is 0.464. The Hall–Kier alpha value is -3.35. The van der Waals surface area contributed by atoms with Crippen LogP contribution in [-0.2, 0) is 28.9 Å². The summed E-state index contributed by atoms with van der Waals surface area (Å²) in [4.78, 5) is 24.7. The van der Waals surface area contributed by atoms with E-state index in [4.69, 9.17) is 4.74 Å². The van der Waals surface area contributed by atoms with Gasteiger partial charge in [0.25, 0.3) is 0 Å². The molecule has 2 aromatic rings. The molecule has 4 N–H and O–H groups in total. The first-order valence-electron chi connectivity index (χ1n) is 12.7. The molecule has 1 unspecified atom stereocenters. The molecule has 0 bridgehead atoms. The first-order chi connectivity index (χ1) is 17.5. The number of nitrogens with zero attached hydrogens (tertiary/aromatic N) is 1. The van der Waals surface area contributed by atoms with Gasteiger partial charge < -0.3 is 25.4 Å². The summed E-state index contributed by atoms with van der Waals surface area (Å²) in [6.07, 6.45) is 2.14. The predicted octanol–water partition coefficient (Wildman–Crippen LogP) is 2.74. The maximum absolute atomic E-state index is 12.4. The van der Waals surface area contributed by atoms with Crippen LogP contribution in [0.25, 0.3) is 0 Å². The fourth-order valence-electron chi connectivity index (χ4n) is 3.81. The van der Waals surface area contributed by atoms with E-state index in [0.717, 1.165) is 23.1 Å². The fourth-order valence-corrected chi connectivity index (χ4v) is 3.81. The zero-order valence-electron chi connectivity index (χ0n) is 22.2. The van der Waals surface area contributed by atoms with Crippen molar-refractivity contribution in [3.05, 3.63) is 65.2 Å². The summed E-state index contributed by atoms with van der Waals surface area (Å²) in [5, 5.41) is 34.4. The van der Waals surface area contributed by atoms with E-state index in [0.29, 0.717) is 25.0 Å². The molecule has 37 heavy (non-hydrogen) atoms. The summed E-state index contributed by atoms with van der Waals surface area (Å²) in [6.45, 7) is 7.78. The van der Waals surface area contributed by atoms with Gasteiger partial charge in [-0.25, -0.2) is 0 Å². The normalized spacial score (nSPS) is 12.7. The molecule has 0 saturated heterocycles. The number of nitrogens with one attached hydrogen (secondary N) is 2. The summed E-state index contributed by atoms with van der Waals surface area (Å²) in [5.74, 6) is -1.62. The van der Waals surface area contributed by atoms with E-state index in [2.05, 4.69) is 16.7 Å². The molecule has 198 valence electrons. The second kappa shape index (κ2) is 14.4. The second-order valence-corrected chi connectivity index (χ2v) is 10.2. The number of nitriles is 1. The molecule has 0 aliphatic rings. The lowest BCUT2D eigenvalue weighted by Gasteiger charge is -2.22. The lowest BCUT2D eigenvalue weighted by Crippen LogP contribution is -2.48. The van der Waals surface area contributed by atoms with Crippen LogP contribution in [0, 0.1) is 17.2 Å². The molecule has 2 amide bonds. The minimum atomic E-state index is -1.69. The lowest BCUT2D eigenvalue weighted by atomic mass is 9.75. The number of benzene rings is 2. The highest BCUT2D eigenvalue weighted by molar-refractivity contribution is 6.43. The SMILES string of the molecule is CCc1cccc(C[C@H](NC(=O)CCOc2cccc(CCC(C#N)C(=O)NC(C)(C)C)c2)B(O)O)c1. The molecular formula is C28H38BN3O5. The third-order valence-corrected chi connectivity index (χ3v) is 5.75. The number of carbonyl (C=O) groups excluding carboxylic acids is 2. The van der Waals surface area contributed by atoms with Crippen molar-refractivity contribution in [3.8, 4) is 11.8 Å². The van der Waals surface area contributed by atoms with Gasteiger partial charge in [-0.2, -0.15) is 5.26 Å². The van der Waals surface area contributed by atoms with Gasteiger partial charge in [0.1, 0.15) is 11.7 Å². The summed E-state index contributed by atoms with van der Waals surface area (Å²) in [7, 11) is -1.69. The van der Waals surface area contributed by atoms with Crippen molar-refractivity contribution in [2.75, 3.05) is 6.61 Å². The van der Waals surface area contributed by atoms with Crippen molar-refractivity contribution in [2.24, 2.45) is 5.92 Å². The lowest BCUT2D eigenvalue weighted by molar-refractivity contribution is -0.125. The maximum atomic E-state index is 12.4. The van der Waals surface area contributed by atoms with Gasteiger partial charge in [-0.05, 0) is 75.3 Å². The van der Waals surface area contributed by atoms with Crippen molar-refractivity contribution in [2.45, 2.75) is 71.3 Å². The highest BCUT2D eigenvalue weighted by Crippen LogP contribution is 2.18. The molecule has 2 rings (SSSR count). The van der Waals surface area contributed by atoms with Crippen LogP contribution in [-0.4, -0.2) is 47.1 Å². The van der Waals surface area contributed by atoms with E-state index in [1.807, 2.05) is 70.2 Å². The van der Waals surface area contributed by atoms with Crippen LogP contribution in [0.1, 0.15) is 57.2 Å². The molecule has 8 nitrogen and oxygen atoms in total. The van der Waals surface area contributed by atoms with Crippen molar-refractivity contribution in [3.63, 3.8) is 0 Å². The standard InChI is InChI=1S/C28H38BN3O5/c1-5-20-8-6-10-22(16-20)18-25(29(35)36)31-26(33)14-15-37-24-11-7-9-21(17-24)12-13-23(19-30)27(34)32-28(2,3)4/h6-11,16-17,23,25,35-36H,5,12-15,18H2,1-4H3,(H,31,33)(H,32,34)/t23?,25-/m0/s1. The Balaban J connectivity index is 1.84. The van der Waals surface area contributed by atoms with Gasteiger partial charge in [-0.1, -0.05) is 43.3 Å². The first-order valence-corrected chi connectivity index (χ1v) is 12.7. The summed E-state index contributed by atoms with van der Waals surface area (Å²) < 4.78 is 5.72. The predicted molar refractivity (Wildman–Crippen MR) is 144 cm³/mol. The monoisotopic (exact) mass is 507 g/mol. The van der Waals surface area contributed by atoms with Crippen LogP contribution < -0.4 is 15.4 Å². The average Bonchev–Trinajstić information content (AvgIpc) is 2.83. The van der Waals surface area contributed by atoms with Crippen LogP contribution in [0.3, 0.4) is 0 Å². The zero-order chi connectivity index (χ0) is 27.4. The van der Waals surface area contributed by atoms with Crippen LogP contribution in [0.5, 0.6) is 5.75 Å². The summed E-state index contributed by atoms with van der Waals surface area (Å²) in [5.41, 5.74) is 2.58. The first kappa shape index (κ1) is 29.9. The van der Waals surface area contributed by atoms with Gasteiger partial charge >= 0.3 is 7.12 Å². The maximum Gasteiger partial charge on any atom is 0.475 e. The van der Waals surface area contributed by atoms with Crippen molar-refractivity contribution < 1.29 is 24.4 Å². The molecule has 2 atom stereocenters. The van der Waals surface area contributed by atoms with Crippen molar-refractivity contribution >= 4 is 18.9 Å². The van der Waals surface area contributed by atoms with Crippen molar-refractivity contribution in [1.29, 1.82) is 5.26 Å². The van der Waals surface area contributed by atoms with Crippen molar-refractivity contribution in [1.82, 2.24) is 10.6 Å². The van der Waals surface area contributed by atoms with Crippen LogP contribution in [0.2, 0.25) is 0 Å². The largest absolute Gasteiger partial charge is 0.493 e. The minimum Gasteiger partial charge on any atom is -0.493 e. The van der Waals surface area contributed by atoms with Gasteiger partial charge in [-0.3, -0.25) is 9.59 Å². The molecule has 0 heterocycles. The van der Waals surface area contributed by atoms with E-state index in [-0.39, 0.29) is 24.8 Å². The molecule has 0 aromatic heterocycles. The Bertz CT molecular complexity index is 1080. The van der Waals surface area contributed by atoms with E-state index in [1.165, 1.54) is 0 Å². The number of rotatable bonds is 13. The molecule has 0 spiro atoms. The Morgan fingerprint density at radius 2 is 1.76 bits per heavy atom. The van der Waals surface area contributed by atoms with Crippen LogP contribution >= 0.6 is 0 Å². The summed E-state index contributed by atoms with van der Waals surface area (Å²) >= 11 is 0. The molecule has 0 saturated carbocycles. The Morgan fingerprint density at radius 1 is 1.08 bits per heavy atom. The highest BCUT2D eigenvalue weighted by Gasteiger charge is 2.26. The second-order valence-electron chi connectivity index (χ2n) is 10.2. The van der Waals surface area contributed by atoms with E-state index >= 15 is 0 Å². The zero-order valence-corrected chi connectivity index (χ0v) is 22.2. The minimum absolute atomic E-state index is 0.0475. The summed E-state index contributed by atoms with van der Waals surface area (Å²) in [6, 6.07) is 17.2. The number of amides is 2. The molecule has 9 heteroatoms. The number of carbonyl (C=O) groups is 2. The number of ether oxygens (including phenoxy) is 1. The Kier molecular flexibility index (Phi) is 11.6. The average molecular weight is 507 g/mol. The third kappa shape index (κ3) is 11.1. The molecule has 2 aromatic carbocycles. The third-order valence-electron chi connectivity index (χ3n) is 5.75. The van der Waals surface area contributed by atoms with Gasteiger partial charge in [0.15, 0.2) is 0 Å². The van der Waals surface area contributed by atoms with Crippen LogP contribution in [0.4, 0.5) is 0 Å². The molecule has 0 aliphatic heterocycles. The van der Waals surface area contributed by atoms with Crippen LogP contribution in [0.15, 0.2) is 48.5 Å². The van der Waals surface area contributed by atoms with E-state index in [9.17, 15) is 24.9 Å². The van der Waals surface area contributed by atoms with Gasteiger partial charge in [0, 0.05) is 5.54 Å². The highest BCUT2D eigenvalue weighted by atomic mass is 16.5. The molecule has 0 radical (unpaired) electrons. The quantitative estimate of drug-likeness (QED) is 0.309. The number of aryl methyl sites for hydroxylation is 2. The van der Waals surface area contributed by atoms with E-state index < -0.39 is 24.5 Å². The van der Waals surface area contributed by atoms with Gasteiger partial charge in [0.2, 0.25) is 11.8 Å². The Morgan fingerprint density at radius 3 is 2.41 bits per heavy atom. The number of hydrogen-bond acceptors (Lipinski definition) is 6.